The molecule has 3 nitrogen and oxygen atoms in total. The van der Waals surface area contributed by atoms with Crippen LogP contribution in [0.15, 0.2) is 18.2 Å². The van der Waals surface area contributed by atoms with Crippen LogP contribution in [-0.2, 0) is 4.79 Å². The van der Waals surface area contributed by atoms with Gasteiger partial charge in [-0.15, -0.1) is 0 Å². The van der Waals surface area contributed by atoms with Crippen molar-refractivity contribution in [2.24, 2.45) is 0 Å². The molecule has 1 fully saturated rings. The van der Waals surface area contributed by atoms with Gasteiger partial charge in [-0.2, -0.15) is 0 Å². The van der Waals surface area contributed by atoms with Gasteiger partial charge in [-0.1, -0.05) is 36.0 Å². The Hall–Kier alpha value is -0.770. The van der Waals surface area contributed by atoms with Crippen LogP contribution in [0.4, 0.5) is 5.69 Å². The van der Waals surface area contributed by atoms with Gasteiger partial charge in [0.05, 0.1) is 6.04 Å². The third-order valence-electron chi connectivity index (χ3n) is 3.01. The number of hydrogen-bond acceptors (Lipinski definition) is 2. The van der Waals surface area contributed by atoms with Gasteiger partial charge in [0, 0.05) is 15.7 Å². The molecule has 0 bridgehead atoms. The molecular weight excluding hydrogens is 271 g/mol. The van der Waals surface area contributed by atoms with Crippen molar-refractivity contribution in [1.29, 1.82) is 0 Å². The quantitative estimate of drug-likeness (QED) is 0.874. The van der Waals surface area contributed by atoms with Gasteiger partial charge in [0.2, 0.25) is 5.91 Å². The molecule has 1 atom stereocenters. The molecule has 98 valence electrons. The van der Waals surface area contributed by atoms with Crippen LogP contribution in [0.1, 0.15) is 25.7 Å². The molecule has 1 amide bonds. The van der Waals surface area contributed by atoms with E-state index in [4.69, 9.17) is 23.2 Å². The molecule has 0 spiro atoms. The molecule has 5 heteroatoms. The van der Waals surface area contributed by atoms with Gasteiger partial charge in [-0.25, -0.2) is 0 Å². The van der Waals surface area contributed by atoms with Crippen LogP contribution in [0.2, 0.25) is 10.0 Å². The summed E-state index contributed by atoms with van der Waals surface area (Å²) < 4.78 is 0. The number of amides is 1. The minimum Gasteiger partial charge on any atom is -0.325 e. The SMILES string of the molecule is O=C(Nc1cc(Cl)cc(Cl)c1)C1CCCCCN1. The standard InChI is InChI=1S/C13H16Cl2N2O/c14-9-6-10(15)8-11(7-9)17-13(18)12-4-2-1-3-5-16-12/h6-8,12,16H,1-5H2,(H,17,18). The Morgan fingerprint density at radius 2 is 1.89 bits per heavy atom. The van der Waals surface area contributed by atoms with Crippen molar-refractivity contribution in [3.8, 4) is 0 Å². The summed E-state index contributed by atoms with van der Waals surface area (Å²) in [7, 11) is 0. The largest absolute Gasteiger partial charge is 0.325 e. The highest BCUT2D eigenvalue weighted by molar-refractivity contribution is 6.35. The molecular formula is C13H16Cl2N2O. The Labute approximate surface area is 117 Å². The van der Waals surface area contributed by atoms with Gasteiger partial charge < -0.3 is 10.6 Å². The molecule has 2 rings (SSSR count). The van der Waals surface area contributed by atoms with Crippen molar-refractivity contribution >= 4 is 34.8 Å². The predicted octanol–water partition coefficient (Wildman–Crippen LogP) is 3.46. The minimum atomic E-state index is -0.120. The minimum absolute atomic E-state index is 0.0183. The molecule has 2 N–H and O–H groups in total. The highest BCUT2D eigenvalue weighted by Crippen LogP contribution is 2.22. The summed E-state index contributed by atoms with van der Waals surface area (Å²) in [6, 6.07) is 4.91. The van der Waals surface area contributed by atoms with E-state index in [2.05, 4.69) is 10.6 Å². The number of carbonyl (C=O) groups is 1. The van der Waals surface area contributed by atoms with E-state index < -0.39 is 0 Å². The van der Waals surface area contributed by atoms with E-state index in [1.807, 2.05) is 0 Å². The second kappa shape index (κ2) is 6.41. The van der Waals surface area contributed by atoms with E-state index in [0.717, 1.165) is 25.8 Å². The molecule has 1 aliphatic rings. The number of nitrogens with one attached hydrogen (secondary N) is 2. The monoisotopic (exact) mass is 286 g/mol. The van der Waals surface area contributed by atoms with Crippen LogP contribution in [-0.4, -0.2) is 18.5 Å². The van der Waals surface area contributed by atoms with Crippen molar-refractivity contribution in [3.63, 3.8) is 0 Å². The zero-order valence-electron chi connectivity index (χ0n) is 10.0. The fraction of sp³-hybridized carbons (Fsp3) is 0.462. The van der Waals surface area contributed by atoms with Gasteiger partial charge >= 0.3 is 0 Å². The molecule has 1 unspecified atom stereocenters. The van der Waals surface area contributed by atoms with Gasteiger partial charge in [-0.3, -0.25) is 4.79 Å². The first-order valence-corrected chi connectivity index (χ1v) is 6.91. The summed E-state index contributed by atoms with van der Waals surface area (Å²) in [6.07, 6.45) is 4.27. The molecule has 1 aliphatic heterocycles. The van der Waals surface area contributed by atoms with Gasteiger partial charge in [-0.05, 0) is 37.6 Å². The predicted molar refractivity (Wildman–Crippen MR) is 75.4 cm³/mol. The number of halogens is 2. The summed E-state index contributed by atoms with van der Waals surface area (Å²) in [5.41, 5.74) is 0.642. The molecule has 1 aromatic carbocycles. The lowest BCUT2D eigenvalue weighted by Crippen LogP contribution is -2.39. The van der Waals surface area contributed by atoms with E-state index in [1.165, 1.54) is 6.42 Å². The third kappa shape index (κ3) is 3.87. The van der Waals surface area contributed by atoms with Crippen LogP contribution in [0.3, 0.4) is 0 Å². The van der Waals surface area contributed by atoms with Crippen LogP contribution < -0.4 is 10.6 Å². The molecule has 0 aliphatic carbocycles. The topological polar surface area (TPSA) is 41.1 Å². The second-order valence-corrected chi connectivity index (χ2v) is 5.38. The number of benzene rings is 1. The summed E-state index contributed by atoms with van der Waals surface area (Å²) in [5, 5.41) is 7.14. The number of hydrogen-bond donors (Lipinski definition) is 2. The average Bonchev–Trinajstić information content (AvgIpc) is 2.55. The zero-order valence-corrected chi connectivity index (χ0v) is 11.5. The fourth-order valence-electron chi connectivity index (χ4n) is 2.11. The van der Waals surface area contributed by atoms with Crippen molar-refractivity contribution in [3.05, 3.63) is 28.2 Å². The fourth-order valence-corrected chi connectivity index (χ4v) is 2.63. The first kappa shape index (κ1) is 13.7. The van der Waals surface area contributed by atoms with Gasteiger partial charge in [0.15, 0.2) is 0 Å². The normalized spacial score (nSPS) is 20.2. The molecule has 0 radical (unpaired) electrons. The number of rotatable bonds is 2. The Kier molecular flexibility index (Phi) is 4.87. The smallest absolute Gasteiger partial charge is 0.241 e. The number of carbonyl (C=O) groups excluding carboxylic acids is 1. The Balaban J connectivity index is 2.01. The molecule has 18 heavy (non-hydrogen) atoms. The molecule has 1 heterocycles. The molecule has 1 saturated heterocycles. The maximum Gasteiger partial charge on any atom is 0.241 e. The molecule has 0 aromatic heterocycles. The lowest BCUT2D eigenvalue weighted by atomic mass is 10.1. The maximum atomic E-state index is 12.1. The molecule has 1 aromatic rings. The lowest BCUT2D eigenvalue weighted by Gasteiger charge is -2.15. The Bertz CT molecular complexity index is 409. The molecule has 0 saturated carbocycles. The summed E-state index contributed by atoms with van der Waals surface area (Å²) in [4.78, 5) is 12.1. The lowest BCUT2D eigenvalue weighted by molar-refractivity contribution is -0.118. The van der Waals surface area contributed by atoms with Crippen molar-refractivity contribution in [2.75, 3.05) is 11.9 Å². The Morgan fingerprint density at radius 1 is 1.17 bits per heavy atom. The van der Waals surface area contributed by atoms with Gasteiger partial charge in [0.1, 0.15) is 0 Å². The van der Waals surface area contributed by atoms with Gasteiger partial charge in [0.25, 0.3) is 0 Å². The van der Waals surface area contributed by atoms with Crippen molar-refractivity contribution in [1.82, 2.24) is 5.32 Å². The van der Waals surface area contributed by atoms with Crippen LogP contribution in [0, 0.1) is 0 Å². The zero-order chi connectivity index (χ0) is 13.0. The maximum absolute atomic E-state index is 12.1. The first-order valence-electron chi connectivity index (χ1n) is 6.15. The van der Waals surface area contributed by atoms with Crippen LogP contribution >= 0.6 is 23.2 Å². The van der Waals surface area contributed by atoms with E-state index in [9.17, 15) is 4.79 Å². The summed E-state index contributed by atoms with van der Waals surface area (Å²) in [6.45, 7) is 0.897. The highest BCUT2D eigenvalue weighted by atomic mass is 35.5. The Morgan fingerprint density at radius 3 is 2.61 bits per heavy atom. The van der Waals surface area contributed by atoms with E-state index in [-0.39, 0.29) is 11.9 Å². The second-order valence-electron chi connectivity index (χ2n) is 4.50. The summed E-state index contributed by atoms with van der Waals surface area (Å²) >= 11 is 11.8. The van der Waals surface area contributed by atoms with Crippen LogP contribution in [0.25, 0.3) is 0 Å². The van der Waals surface area contributed by atoms with E-state index in [0.29, 0.717) is 15.7 Å². The van der Waals surface area contributed by atoms with Crippen molar-refractivity contribution < 1.29 is 4.79 Å². The average molecular weight is 287 g/mol. The van der Waals surface area contributed by atoms with Crippen LogP contribution in [0.5, 0.6) is 0 Å². The number of anilines is 1. The van der Waals surface area contributed by atoms with E-state index >= 15 is 0 Å². The third-order valence-corrected chi connectivity index (χ3v) is 3.44. The highest BCUT2D eigenvalue weighted by Gasteiger charge is 2.19. The summed E-state index contributed by atoms with van der Waals surface area (Å²) in [5.74, 6) is -0.0183. The van der Waals surface area contributed by atoms with E-state index in [1.54, 1.807) is 18.2 Å². The van der Waals surface area contributed by atoms with Crippen molar-refractivity contribution in [2.45, 2.75) is 31.7 Å². The first-order chi connectivity index (χ1) is 8.65.